The van der Waals surface area contributed by atoms with Crippen molar-refractivity contribution in [2.24, 2.45) is 0 Å². The number of benzene rings is 1. The molecule has 104 valence electrons. The van der Waals surface area contributed by atoms with Gasteiger partial charge in [0, 0.05) is 30.0 Å². The van der Waals surface area contributed by atoms with Gasteiger partial charge in [0.05, 0.1) is 5.69 Å². The van der Waals surface area contributed by atoms with Gasteiger partial charge in [-0.05, 0) is 41.7 Å². The van der Waals surface area contributed by atoms with Crippen LogP contribution in [0.5, 0.6) is 0 Å². The molecule has 0 atom stereocenters. The molecule has 20 heavy (non-hydrogen) atoms. The van der Waals surface area contributed by atoms with E-state index in [1.165, 1.54) is 22.4 Å². The zero-order valence-electron chi connectivity index (χ0n) is 12.1. The Balaban J connectivity index is 1.76. The van der Waals surface area contributed by atoms with Crippen molar-refractivity contribution in [2.75, 3.05) is 17.6 Å². The maximum absolute atomic E-state index is 5.77. The number of aromatic nitrogens is 1. The zero-order chi connectivity index (χ0) is 14.2. The predicted octanol–water partition coefficient (Wildman–Crippen LogP) is 3.15. The Morgan fingerprint density at radius 3 is 2.75 bits per heavy atom. The lowest BCUT2D eigenvalue weighted by molar-refractivity contribution is 0.585. The number of pyridine rings is 1. The van der Waals surface area contributed by atoms with E-state index < -0.39 is 0 Å². The van der Waals surface area contributed by atoms with Crippen LogP contribution in [0.1, 0.15) is 30.5 Å². The SMILES string of the molecule is CC1(C)CNc2ccc(CCc3cncc(N)c3)cc21. The number of fused-ring (bicyclic) bond motifs is 1. The van der Waals surface area contributed by atoms with Gasteiger partial charge < -0.3 is 11.1 Å². The zero-order valence-corrected chi connectivity index (χ0v) is 12.1. The largest absolute Gasteiger partial charge is 0.397 e. The van der Waals surface area contributed by atoms with E-state index in [-0.39, 0.29) is 5.41 Å². The third kappa shape index (κ3) is 2.48. The van der Waals surface area contributed by atoms with Crippen LogP contribution in [0.25, 0.3) is 0 Å². The predicted molar refractivity (Wildman–Crippen MR) is 84.0 cm³/mol. The van der Waals surface area contributed by atoms with Crippen LogP contribution in [-0.2, 0) is 18.3 Å². The van der Waals surface area contributed by atoms with Crippen molar-refractivity contribution in [3.05, 3.63) is 53.3 Å². The van der Waals surface area contributed by atoms with Crippen LogP contribution in [0.15, 0.2) is 36.7 Å². The van der Waals surface area contributed by atoms with E-state index in [1.54, 1.807) is 6.20 Å². The smallest absolute Gasteiger partial charge is 0.0503 e. The highest BCUT2D eigenvalue weighted by molar-refractivity contribution is 5.61. The van der Waals surface area contributed by atoms with Gasteiger partial charge in [-0.1, -0.05) is 26.0 Å². The van der Waals surface area contributed by atoms with E-state index in [9.17, 15) is 0 Å². The lowest BCUT2D eigenvalue weighted by Crippen LogP contribution is -2.19. The molecule has 3 N–H and O–H groups in total. The van der Waals surface area contributed by atoms with Gasteiger partial charge in [-0.2, -0.15) is 0 Å². The molecule has 2 heterocycles. The molecule has 0 radical (unpaired) electrons. The molecule has 0 fully saturated rings. The van der Waals surface area contributed by atoms with Crippen LogP contribution in [0.4, 0.5) is 11.4 Å². The van der Waals surface area contributed by atoms with Crippen molar-refractivity contribution in [1.29, 1.82) is 0 Å². The Morgan fingerprint density at radius 1 is 1.15 bits per heavy atom. The van der Waals surface area contributed by atoms with Crippen LogP contribution in [0, 0.1) is 0 Å². The summed E-state index contributed by atoms with van der Waals surface area (Å²) in [6, 6.07) is 8.77. The molecule has 3 heteroatoms. The molecular formula is C17H21N3. The summed E-state index contributed by atoms with van der Waals surface area (Å²) < 4.78 is 0. The fourth-order valence-corrected chi connectivity index (χ4v) is 2.81. The normalized spacial score (nSPS) is 15.7. The molecule has 2 aromatic rings. The van der Waals surface area contributed by atoms with Crippen LogP contribution in [0.2, 0.25) is 0 Å². The number of nitrogens with one attached hydrogen (secondary N) is 1. The van der Waals surface area contributed by atoms with Gasteiger partial charge in [0.2, 0.25) is 0 Å². The second-order valence-electron chi connectivity index (χ2n) is 6.24. The number of nitrogens with zero attached hydrogens (tertiary/aromatic N) is 1. The van der Waals surface area contributed by atoms with E-state index >= 15 is 0 Å². The summed E-state index contributed by atoms with van der Waals surface area (Å²) in [6.07, 6.45) is 5.58. The molecular weight excluding hydrogens is 246 g/mol. The first kappa shape index (κ1) is 13.0. The highest BCUT2D eigenvalue weighted by Gasteiger charge is 2.29. The molecule has 0 spiro atoms. The number of nitrogens with two attached hydrogens (primary N) is 1. The molecule has 1 aromatic heterocycles. The highest BCUT2D eigenvalue weighted by atomic mass is 14.9. The summed E-state index contributed by atoms with van der Waals surface area (Å²) in [5, 5.41) is 3.47. The lowest BCUT2D eigenvalue weighted by atomic mass is 9.85. The third-order valence-electron chi connectivity index (χ3n) is 4.05. The summed E-state index contributed by atoms with van der Waals surface area (Å²) in [6.45, 7) is 5.60. The molecule has 0 bridgehead atoms. The summed E-state index contributed by atoms with van der Waals surface area (Å²) in [5.74, 6) is 0. The van der Waals surface area contributed by atoms with E-state index in [1.807, 2.05) is 12.3 Å². The van der Waals surface area contributed by atoms with Crippen molar-refractivity contribution in [3.8, 4) is 0 Å². The van der Waals surface area contributed by atoms with Gasteiger partial charge in [-0.3, -0.25) is 4.98 Å². The Bertz CT molecular complexity index is 632. The van der Waals surface area contributed by atoms with Crippen molar-refractivity contribution in [1.82, 2.24) is 4.98 Å². The molecule has 3 nitrogen and oxygen atoms in total. The quantitative estimate of drug-likeness (QED) is 0.898. The van der Waals surface area contributed by atoms with Crippen LogP contribution in [0.3, 0.4) is 0 Å². The number of anilines is 2. The second kappa shape index (κ2) is 4.82. The molecule has 1 aliphatic rings. The molecule has 0 aliphatic carbocycles. The maximum atomic E-state index is 5.77. The number of aryl methyl sites for hydroxylation is 2. The molecule has 3 rings (SSSR count). The number of nitrogen functional groups attached to an aromatic ring is 1. The first-order valence-electron chi connectivity index (χ1n) is 7.11. The van der Waals surface area contributed by atoms with Crippen molar-refractivity contribution < 1.29 is 0 Å². The Labute approximate surface area is 120 Å². The molecule has 1 aliphatic heterocycles. The van der Waals surface area contributed by atoms with Gasteiger partial charge in [-0.25, -0.2) is 0 Å². The molecule has 0 saturated carbocycles. The standard InChI is InChI=1S/C17H21N3/c1-17(2)11-20-16-6-5-12(8-15(16)17)3-4-13-7-14(18)10-19-9-13/h5-10,20H,3-4,11,18H2,1-2H3. The molecule has 0 saturated heterocycles. The van der Waals surface area contributed by atoms with E-state index in [0.29, 0.717) is 0 Å². The van der Waals surface area contributed by atoms with Gasteiger partial charge in [-0.15, -0.1) is 0 Å². The minimum atomic E-state index is 0.226. The average Bonchev–Trinajstić information content (AvgIpc) is 2.72. The summed E-state index contributed by atoms with van der Waals surface area (Å²) in [4.78, 5) is 4.14. The number of hydrogen-bond donors (Lipinski definition) is 2. The van der Waals surface area contributed by atoms with Gasteiger partial charge in [0.25, 0.3) is 0 Å². The second-order valence-corrected chi connectivity index (χ2v) is 6.24. The van der Waals surface area contributed by atoms with Crippen molar-refractivity contribution in [2.45, 2.75) is 32.1 Å². The molecule has 0 unspecified atom stereocenters. The maximum Gasteiger partial charge on any atom is 0.0503 e. The van der Waals surface area contributed by atoms with E-state index in [4.69, 9.17) is 5.73 Å². The van der Waals surface area contributed by atoms with Gasteiger partial charge >= 0.3 is 0 Å². The van der Waals surface area contributed by atoms with E-state index in [0.717, 1.165) is 25.1 Å². The minimum absolute atomic E-state index is 0.226. The van der Waals surface area contributed by atoms with E-state index in [2.05, 4.69) is 42.3 Å². The average molecular weight is 267 g/mol. The Kier molecular flexibility index (Phi) is 3.13. The van der Waals surface area contributed by atoms with Crippen molar-refractivity contribution >= 4 is 11.4 Å². The number of hydrogen-bond acceptors (Lipinski definition) is 3. The van der Waals surface area contributed by atoms with Gasteiger partial charge in [0.15, 0.2) is 0 Å². The van der Waals surface area contributed by atoms with Crippen LogP contribution in [-0.4, -0.2) is 11.5 Å². The monoisotopic (exact) mass is 267 g/mol. The summed E-state index contributed by atoms with van der Waals surface area (Å²) in [5.41, 5.74) is 12.0. The third-order valence-corrected chi connectivity index (χ3v) is 4.05. The topological polar surface area (TPSA) is 50.9 Å². The molecule has 0 amide bonds. The fraction of sp³-hybridized carbons (Fsp3) is 0.353. The van der Waals surface area contributed by atoms with Crippen molar-refractivity contribution in [3.63, 3.8) is 0 Å². The first-order chi connectivity index (χ1) is 9.54. The number of rotatable bonds is 3. The summed E-state index contributed by atoms with van der Waals surface area (Å²) in [7, 11) is 0. The van der Waals surface area contributed by atoms with Gasteiger partial charge in [0.1, 0.15) is 0 Å². The molecule has 1 aromatic carbocycles. The summed E-state index contributed by atoms with van der Waals surface area (Å²) >= 11 is 0. The van der Waals surface area contributed by atoms with Crippen LogP contribution >= 0.6 is 0 Å². The highest BCUT2D eigenvalue weighted by Crippen LogP contribution is 2.36. The Morgan fingerprint density at radius 2 is 1.95 bits per heavy atom. The minimum Gasteiger partial charge on any atom is -0.397 e. The van der Waals surface area contributed by atoms with Crippen LogP contribution < -0.4 is 11.1 Å². The fourth-order valence-electron chi connectivity index (χ4n) is 2.81. The lowest BCUT2D eigenvalue weighted by Gasteiger charge is -2.17. The first-order valence-corrected chi connectivity index (χ1v) is 7.11. The Hall–Kier alpha value is -2.03.